The number of esters is 1. The Balaban J connectivity index is 1.34. The Morgan fingerprint density at radius 2 is 1.81 bits per heavy atom. The van der Waals surface area contributed by atoms with Crippen molar-refractivity contribution in [2.45, 2.75) is 117 Å². The number of hydrogen-bond acceptors (Lipinski definition) is 4. The van der Waals surface area contributed by atoms with E-state index in [1.54, 1.807) is 0 Å². The van der Waals surface area contributed by atoms with Crippen molar-refractivity contribution in [1.82, 2.24) is 0 Å². The van der Waals surface area contributed by atoms with E-state index in [-0.39, 0.29) is 22.9 Å². The zero-order chi connectivity index (χ0) is 22.9. The number of aliphatic hydroxyl groups is 1. The summed E-state index contributed by atoms with van der Waals surface area (Å²) in [7, 11) is 0. The molecule has 0 bridgehead atoms. The zero-order valence-electron chi connectivity index (χ0n) is 20.7. The van der Waals surface area contributed by atoms with Crippen LogP contribution in [0.3, 0.4) is 0 Å². The van der Waals surface area contributed by atoms with Crippen molar-refractivity contribution in [2.24, 2.45) is 40.4 Å². The number of aliphatic hydroxyl groups excluding tert-OH is 1. The molecule has 0 heterocycles. The highest BCUT2D eigenvalue weighted by atomic mass is 16.5. The fourth-order valence-corrected chi connectivity index (χ4v) is 8.73. The second-order valence-corrected chi connectivity index (χ2v) is 12.1. The average molecular weight is 447 g/mol. The number of ketones is 1. The molecular weight excluding hydrogens is 400 g/mol. The minimum Gasteiger partial charge on any atom is -0.466 e. The van der Waals surface area contributed by atoms with Gasteiger partial charge in [0.05, 0.1) is 12.7 Å². The van der Waals surface area contributed by atoms with Crippen molar-refractivity contribution in [3.05, 3.63) is 0 Å². The predicted octanol–water partition coefficient (Wildman–Crippen LogP) is 6.09. The van der Waals surface area contributed by atoms with Crippen LogP contribution in [0.15, 0.2) is 0 Å². The van der Waals surface area contributed by atoms with Gasteiger partial charge in [-0.05, 0) is 93.3 Å². The molecule has 4 unspecified atom stereocenters. The predicted molar refractivity (Wildman–Crippen MR) is 126 cm³/mol. The van der Waals surface area contributed by atoms with Gasteiger partial charge in [-0.25, -0.2) is 0 Å². The standard InChI is InChI=1S/C28H46O4/c1-4-32-26(31)9-7-5-6-8-19-10-11-23-24(29)18-20-21-12-13-25(30)28(21,3)17-15-22(20)27(23,2)16-14-19/h19-24,29H,4-18H2,1-3H3/t19-,20?,21?,22?,23?,24+,27-,28+/m1/s1. The number of fused-ring (bicyclic) bond motifs is 5. The van der Waals surface area contributed by atoms with Crippen LogP contribution >= 0.6 is 0 Å². The Kier molecular flexibility index (Phi) is 7.39. The van der Waals surface area contributed by atoms with Gasteiger partial charge in [0.25, 0.3) is 0 Å². The molecule has 4 aliphatic rings. The molecule has 0 spiro atoms. The number of ether oxygens (including phenoxy) is 1. The maximum absolute atomic E-state index is 12.7. The molecule has 4 aliphatic carbocycles. The summed E-state index contributed by atoms with van der Waals surface area (Å²) < 4.78 is 5.03. The summed E-state index contributed by atoms with van der Waals surface area (Å²) in [6, 6.07) is 0. The van der Waals surface area contributed by atoms with Gasteiger partial charge >= 0.3 is 5.97 Å². The molecule has 0 aromatic heterocycles. The Bertz CT molecular complexity index is 689. The molecule has 0 aromatic carbocycles. The van der Waals surface area contributed by atoms with Crippen LogP contribution in [-0.4, -0.2) is 29.6 Å². The van der Waals surface area contributed by atoms with Crippen molar-refractivity contribution in [1.29, 1.82) is 0 Å². The summed E-state index contributed by atoms with van der Waals surface area (Å²) in [4.78, 5) is 24.2. The van der Waals surface area contributed by atoms with Gasteiger partial charge in [-0.2, -0.15) is 0 Å². The number of unbranched alkanes of at least 4 members (excludes halogenated alkanes) is 2. The highest BCUT2D eigenvalue weighted by Gasteiger charge is 2.61. The molecule has 182 valence electrons. The maximum atomic E-state index is 12.7. The number of carbonyl (C=O) groups excluding carboxylic acids is 2. The van der Waals surface area contributed by atoms with E-state index in [4.69, 9.17) is 4.74 Å². The Morgan fingerprint density at radius 3 is 2.59 bits per heavy atom. The van der Waals surface area contributed by atoms with Gasteiger partial charge in [0.1, 0.15) is 5.78 Å². The van der Waals surface area contributed by atoms with Crippen molar-refractivity contribution >= 4 is 11.8 Å². The van der Waals surface area contributed by atoms with Crippen LogP contribution in [0.4, 0.5) is 0 Å². The highest BCUT2D eigenvalue weighted by Crippen LogP contribution is 2.65. The first-order chi connectivity index (χ1) is 15.3. The molecule has 0 radical (unpaired) electrons. The van der Waals surface area contributed by atoms with E-state index in [1.807, 2.05) is 6.92 Å². The Labute approximate surface area is 195 Å². The summed E-state index contributed by atoms with van der Waals surface area (Å²) in [6.45, 7) is 7.07. The fraction of sp³-hybridized carbons (Fsp3) is 0.929. The van der Waals surface area contributed by atoms with Crippen LogP contribution in [0, 0.1) is 40.4 Å². The van der Waals surface area contributed by atoms with Crippen molar-refractivity contribution < 1.29 is 19.4 Å². The smallest absolute Gasteiger partial charge is 0.305 e. The minimum atomic E-state index is -0.192. The van der Waals surface area contributed by atoms with Gasteiger partial charge in [-0.1, -0.05) is 39.5 Å². The first-order valence-corrected chi connectivity index (χ1v) is 13.7. The molecule has 8 atom stereocenters. The molecule has 4 fully saturated rings. The van der Waals surface area contributed by atoms with Gasteiger partial charge in [0.2, 0.25) is 0 Å². The first kappa shape index (κ1) is 24.2. The number of rotatable bonds is 7. The summed E-state index contributed by atoms with van der Waals surface area (Å²) in [5.41, 5.74) is 0.120. The van der Waals surface area contributed by atoms with E-state index in [2.05, 4.69) is 13.8 Å². The SMILES string of the molecule is CCOC(=O)CCCCC[C@@H]1CCC2[C@@H](O)CC3C(CC[C@]4(C)C(=O)CCC34)[C@@]2(C)CC1. The van der Waals surface area contributed by atoms with Crippen LogP contribution in [0.5, 0.6) is 0 Å². The van der Waals surface area contributed by atoms with Crippen LogP contribution < -0.4 is 0 Å². The molecule has 0 saturated heterocycles. The van der Waals surface area contributed by atoms with E-state index in [9.17, 15) is 14.7 Å². The lowest BCUT2D eigenvalue weighted by molar-refractivity contribution is -0.151. The minimum absolute atomic E-state index is 0.0601. The third kappa shape index (κ3) is 4.42. The van der Waals surface area contributed by atoms with E-state index in [0.29, 0.717) is 42.5 Å². The lowest BCUT2D eigenvalue weighted by Crippen LogP contribution is -2.55. The third-order valence-corrected chi connectivity index (χ3v) is 10.6. The highest BCUT2D eigenvalue weighted by molar-refractivity contribution is 5.87. The van der Waals surface area contributed by atoms with Crippen molar-refractivity contribution in [3.8, 4) is 0 Å². The summed E-state index contributed by atoms with van der Waals surface area (Å²) >= 11 is 0. The second-order valence-electron chi connectivity index (χ2n) is 12.1. The van der Waals surface area contributed by atoms with E-state index in [1.165, 1.54) is 38.5 Å². The quantitative estimate of drug-likeness (QED) is 0.380. The molecule has 0 amide bonds. The molecule has 4 rings (SSSR count). The summed E-state index contributed by atoms with van der Waals surface area (Å²) in [5, 5.41) is 11.3. The lowest BCUT2D eigenvalue weighted by atomic mass is 9.46. The molecular formula is C28H46O4. The number of hydrogen-bond donors (Lipinski definition) is 1. The van der Waals surface area contributed by atoms with Gasteiger partial charge < -0.3 is 9.84 Å². The van der Waals surface area contributed by atoms with Crippen LogP contribution in [0.2, 0.25) is 0 Å². The summed E-state index contributed by atoms with van der Waals surface area (Å²) in [5.74, 6) is 3.34. The first-order valence-electron chi connectivity index (χ1n) is 13.7. The van der Waals surface area contributed by atoms with Gasteiger partial charge in [-0.3, -0.25) is 9.59 Å². The number of carbonyl (C=O) groups is 2. The van der Waals surface area contributed by atoms with Gasteiger partial charge in [0.15, 0.2) is 0 Å². The molecule has 1 N–H and O–H groups in total. The Morgan fingerprint density at radius 1 is 1.00 bits per heavy atom. The van der Waals surface area contributed by atoms with Crippen molar-refractivity contribution in [3.63, 3.8) is 0 Å². The normalized spacial score (nSPS) is 43.7. The molecule has 4 heteroatoms. The number of Topliss-reactive ketones (excluding diaryl/α,β-unsaturated/α-hetero) is 1. The van der Waals surface area contributed by atoms with E-state index in [0.717, 1.165) is 50.9 Å². The topological polar surface area (TPSA) is 63.6 Å². The van der Waals surface area contributed by atoms with Crippen LogP contribution in [0.25, 0.3) is 0 Å². The van der Waals surface area contributed by atoms with Gasteiger partial charge in [0, 0.05) is 18.3 Å². The molecule has 0 aliphatic heterocycles. The van der Waals surface area contributed by atoms with Crippen LogP contribution in [0.1, 0.15) is 111 Å². The zero-order valence-corrected chi connectivity index (χ0v) is 20.7. The van der Waals surface area contributed by atoms with Crippen LogP contribution in [-0.2, 0) is 14.3 Å². The largest absolute Gasteiger partial charge is 0.466 e. The molecule has 0 aromatic rings. The molecule has 32 heavy (non-hydrogen) atoms. The third-order valence-electron chi connectivity index (χ3n) is 10.6. The van der Waals surface area contributed by atoms with Crippen molar-refractivity contribution in [2.75, 3.05) is 6.61 Å². The molecule has 4 saturated carbocycles. The Hall–Kier alpha value is -0.900. The molecule has 4 nitrogen and oxygen atoms in total. The van der Waals surface area contributed by atoms with Gasteiger partial charge in [-0.15, -0.1) is 0 Å². The fourth-order valence-electron chi connectivity index (χ4n) is 8.73. The van der Waals surface area contributed by atoms with E-state index < -0.39 is 0 Å². The monoisotopic (exact) mass is 446 g/mol. The summed E-state index contributed by atoms with van der Waals surface area (Å²) in [6.07, 6.45) is 14.8. The average Bonchev–Trinajstić information content (AvgIpc) is 2.94. The lowest BCUT2D eigenvalue weighted by Gasteiger charge is -2.59. The van der Waals surface area contributed by atoms with E-state index >= 15 is 0 Å². The maximum Gasteiger partial charge on any atom is 0.305 e. The second kappa shape index (κ2) is 9.76.